The summed E-state index contributed by atoms with van der Waals surface area (Å²) >= 11 is 3.43. The normalized spacial score (nSPS) is 9.80. The number of rotatable bonds is 2. The first-order valence-electron chi connectivity index (χ1n) is 4.46. The van der Waals surface area contributed by atoms with E-state index in [4.69, 9.17) is 10.00 Å². The molecule has 0 aliphatic carbocycles. The van der Waals surface area contributed by atoms with E-state index in [1.165, 1.54) is 7.11 Å². The topological polar surface area (TPSA) is 53.2 Å². The van der Waals surface area contributed by atoms with Gasteiger partial charge in [0.05, 0.1) is 19.6 Å². The maximum atomic E-state index is 9.91. The first kappa shape index (κ1) is 11.9. The molecule has 0 unspecified atom stereocenters. The Balaban J connectivity index is 3.54. The van der Waals surface area contributed by atoms with Crippen LogP contribution < -0.4 is 4.74 Å². The summed E-state index contributed by atoms with van der Waals surface area (Å²) in [7, 11) is 1.50. The van der Waals surface area contributed by atoms with Gasteiger partial charge in [0.15, 0.2) is 11.5 Å². The number of benzene rings is 1. The molecule has 4 heteroatoms. The Morgan fingerprint density at radius 2 is 2.00 bits per heavy atom. The average molecular weight is 270 g/mol. The molecule has 3 nitrogen and oxygen atoms in total. The fourth-order valence-corrected chi connectivity index (χ4v) is 1.97. The van der Waals surface area contributed by atoms with Crippen molar-refractivity contribution >= 4 is 15.9 Å². The highest BCUT2D eigenvalue weighted by molar-refractivity contribution is 9.10. The maximum absolute atomic E-state index is 9.91. The van der Waals surface area contributed by atoms with Gasteiger partial charge in [0, 0.05) is 15.6 Å². The van der Waals surface area contributed by atoms with E-state index in [9.17, 15) is 5.11 Å². The Morgan fingerprint density at radius 3 is 2.47 bits per heavy atom. The molecule has 0 aliphatic rings. The molecule has 0 fully saturated rings. The lowest BCUT2D eigenvalue weighted by molar-refractivity contribution is 0.368. The van der Waals surface area contributed by atoms with Gasteiger partial charge < -0.3 is 9.84 Å². The predicted molar refractivity (Wildman–Crippen MR) is 61.1 cm³/mol. The van der Waals surface area contributed by atoms with Crippen LogP contribution in [0.15, 0.2) is 4.47 Å². The number of ether oxygens (including phenoxy) is 1. The summed E-state index contributed by atoms with van der Waals surface area (Å²) in [6, 6.07) is 2.03. The first-order chi connectivity index (χ1) is 7.04. The van der Waals surface area contributed by atoms with Crippen LogP contribution in [0.3, 0.4) is 0 Å². The zero-order valence-electron chi connectivity index (χ0n) is 8.89. The number of methoxy groups -OCH3 is 1. The van der Waals surface area contributed by atoms with Crippen LogP contribution in [-0.2, 0) is 6.42 Å². The monoisotopic (exact) mass is 269 g/mol. The third-order valence-corrected chi connectivity index (χ3v) is 3.60. The Bertz CT molecular complexity index is 435. The van der Waals surface area contributed by atoms with Crippen LogP contribution in [-0.4, -0.2) is 12.2 Å². The van der Waals surface area contributed by atoms with Crippen molar-refractivity contribution in [2.75, 3.05) is 7.11 Å². The molecule has 0 atom stereocenters. The molecule has 0 amide bonds. The second-order valence-electron chi connectivity index (χ2n) is 3.26. The second kappa shape index (κ2) is 4.54. The van der Waals surface area contributed by atoms with E-state index >= 15 is 0 Å². The summed E-state index contributed by atoms with van der Waals surface area (Å²) < 4.78 is 5.99. The van der Waals surface area contributed by atoms with Gasteiger partial charge >= 0.3 is 0 Å². The molecule has 80 valence electrons. The van der Waals surface area contributed by atoms with E-state index in [1.54, 1.807) is 0 Å². The summed E-state index contributed by atoms with van der Waals surface area (Å²) in [6.45, 7) is 3.72. The number of phenolic OH excluding ortho intramolecular Hbond substituents is 1. The van der Waals surface area contributed by atoms with E-state index < -0.39 is 0 Å². The van der Waals surface area contributed by atoms with Gasteiger partial charge in [0.2, 0.25) is 0 Å². The summed E-state index contributed by atoms with van der Waals surface area (Å²) in [4.78, 5) is 0. The van der Waals surface area contributed by atoms with Gasteiger partial charge in [-0.15, -0.1) is 0 Å². The standard InChI is InChI=1S/C11H12BrNO2/c1-6-8(4-5-13)10(14)11(15-3)7(2)9(6)12/h14H,4H2,1-3H3. The third kappa shape index (κ3) is 1.93. The van der Waals surface area contributed by atoms with Gasteiger partial charge in [-0.1, -0.05) is 15.9 Å². The number of hydrogen-bond donors (Lipinski definition) is 1. The fourth-order valence-electron chi connectivity index (χ4n) is 1.55. The summed E-state index contributed by atoms with van der Waals surface area (Å²) in [5, 5.41) is 18.6. The zero-order chi connectivity index (χ0) is 11.6. The van der Waals surface area contributed by atoms with E-state index in [-0.39, 0.29) is 12.2 Å². The van der Waals surface area contributed by atoms with Crippen molar-refractivity contribution < 1.29 is 9.84 Å². The molecule has 0 aliphatic heterocycles. The number of nitriles is 1. The quantitative estimate of drug-likeness (QED) is 0.899. The Hall–Kier alpha value is -1.21. The maximum Gasteiger partial charge on any atom is 0.164 e. The number of nitrogens with zero attached hydrogens (tertiary/aromatic N) is 1. The highest BCUT2D eigenvalue weighted by atomic mass is 79.9. The molecule has 1 aromatic rings. The van der Waals surface area contributed by atoms with Crippen LogP contribution in [0.4, 0.5) is 0 Å². The van der Waals surface area contributed by atoms with Crippen molar-refractivity contribution in [3.63, 3.8) is 0 Å². The van der Waals surface area contributed by atoms with E-state index in [0.717, 1.165) is 15.6 Å². The molecule has 0 saturated heterocycles. The molecule has 0 spiro atoms. The molecule has 0 heterocycles. The van der Waals surface area contributed by atoms with E-state index in [1.807, 2.05) is 19.9 Å². The van der Waals surface area contributed by atoms with Crippen molar-refractivity contribution in [1.29, 1.82) is 5.26 Å². The molecule has 0 saturated carbocycles. The highest BCUT2D eigenvalue weighted by Gasteiger charge is 2.18. The predicted octanol–water partition coefficient (Wildman–Crippen LogP) is 2.85. The minimum atomic E-state index is 0.0669. The van der Waals surface area contributed by atoms with Crippen LogP contribution in [0.1, 0.15) is 16.7 Å². The van der Waals surface area contributed by atoms with E-state index in [2.05, 4.69) is 15.9 Å². The van der Waals surface area contributed by atoms with Crippen LogP contribution >= 0.6 is 15.9 Å². The zero-order valence-corrected chi connectivity index (χ0v) is 10.5. The second-order valence-corrected chi connectivity index (χ2v) is 4.05. The highest BCUT2D eigenvalue weighted by Crippen LogP contribution is 2.41. The van der Waals surface area contributed by atoms with Crippen LogP contribution in [0, 0.1) is 25.2 Å². The average Bonchev–Trinajstić information content (AvgIpc) is 2.22. The summed E-state index contributed by atoms with van der Waals surface area (Å²) in [6.07, 6.45) is 0.174. The fraction of sp³-hybridized carbons (Fsp3) is 0.364. The lowest BCUT2D eigenvalue weighted by atomic mass is 10.0. The minimum absolute atomic E-state index is 0.0669. The third-order valence-electron chi connectivity index (χ3n) is 2.41. The van der Waals surface area contributed by atoms with Gasteiger partial charge in [0.25, 0.3) is 0 Å². The number of phenols is 1. The van der Waals surface area contributed by atoms with Gasteiger partial charge in [0.1, 0.15) is 0 Å². The minimum Gasteiger partial charge on any atom is -0.504 e. The van der Waals surface area contributed by atoms with Crippen molar-refractivity contribution in [3.05, 3.63) is 21.2 Å². The Morgan fingerprint density at radius 1 is 1.40 bits per heavy atom. The van der Waals surface area contributed by atoms with Crippen LogP contribution in [0.2, 0.25) is 0 Å². The van der Waals surface area contributed by atoms with Crippen molar-refractivity contribution in [1.82, 2.24) is 0 Å². The van der Waals surface area contributed by atoms with Crippen molar-refractivity contribution in [2.45, 2.75) is 20.3 Å². The largest absolute Gasteiger partial charge is 0.504 e. The molecule has 1 N–H and O–H groups in total. The smallest absolute Gasteiger partial charge is 0.164 e. The number of aromatic hydroxyl groups is 1. The van der Waals surface area contributed by atoms with Gasteiger partial charge in [-0.25, -0.2) is 0 Å². The number of hydrogen-bond acceptors (Lipinski definition) is 3. The molecular formula is C11H12BrNO2. The summed E-state index contributed by atoms with van der Waals surface area (Å²) in [5.41, 5.74) is 2.34. The SMILES string of the molecule is COc1c(C)c(Br)c(C)c(CC#N)c1O. The van der Waals surface area contributed by atoms with Gasteiger partial charge in [-0.2, -0.15) is 5.26 Å². The molecule has 0 radical (unpaired) electrons. The molecular weight excluding hydrogens is 258 g/mol. The molecule has 15 heavy (non-hydrogen) atoms. The first-order valence-corrected chi connectivity index (χ1v) is 5.25. The Kier molecular flexibility index (Phi) is 3.59. The lowest BCUT2D eigenvalue weighted by Gasteiger charge is -2.15. The number of halogens is 1. The lowest BCUT2D eigenvalue weighted by Crippen LogP contribution is -1.97. The molecule has 1 aromatic carbocycles. The van der Waals surface area contributed by atoms with Crippen LogP contribution in [0.5, 0.6) is 11.5 Å². The van der Waals surface area contributed by atoms with Crippen molar-refractivity contribution in [3.8, 4) is 17.6 Å². The van der Waals surface area contributed by atoms with Gasteiger partial charge in [-0.05, 0) is 19.4 Å². The summed E-state index contributed by atoms with van der Waals surface area (Å²) in [5.74, 6) is 0.495. The molecule has 1 rings (SSSR count). The van der Waals surface area contributed by atoms with Crippen molar-refractivity contribution in [2.24, 2.45) is 0 Å². The van der Waals surface area contributed by atoms with Gasteiger partial charge in [-0.3, -0.25) is 0 Å². The van der Waals surface area contributed by atoms with E-state index in [0.29, 0.717) is 11.3 Å². The molecule has 0 aromatic heterocycles. The Labute approximate surface area is 97.4 Å². The molecule has 0 bridgehead atoms. The van der Waals surface area contributed by atoms with Crippen LogP contribution in [0.25, 0.3) is 0 Å².